The molecule has 19 heavy (non-hydrogen) atoms. The Morgan fingerprint density at radius 2 is 2.32 bits per heavy atom. The molecule has 0 amide bonds. The number of hydrogen-bond acceptors (Lipinski definition) is 6. The Labute approximate surface area is 121 Å². The van der Waals surface area contributed by atoms with E-state index in [2.05, 4.69) is 15.1 Å². The molecule has 1 saturated heterocycles. The third kappa shape index (κ3) is 3.73. The Balaban J connectivity index is 2.16. The molecular weight excluding hydrogens is 308 g/mol. The summed E-state index contributed by atoms with van der Waals surface area (Å²) in [6.07, 6.45) is 3.11. The average molecular weight is 323 g/mol. The van der Waals surface area contributed by atoms with E-state index in [1.807, 2.05) is 0 Å². The van der Waals surface area contributed by atoms with Crippen LogP contribution in [0.15, 0.2) is 17.2 Å². The first-order valence-corrected chi connectivity index (χ1v) is 8.77. The number of hydrazine groups is 1. The van der Waals surface area contributed by atoms with Crippen LogP contribution in [0, 0.1) is 0 Å². The van der Waals surface area contributed by atoms with Gasteiger partial charge in [-0.2, -0.15) is 11.8 Å². The second kappa shape index (κ2) is 6.27. The smallest absolute Gasteiger partial charge is 0.242 e. The van der Waals surface area contributed by atoms with Crippen LogP contribution < -0.4 is 16.0 Å². The van der Waals surface area contributed by atoms with Crippen LogP contribution in [-0.2, 0) is 10.0 Å². The molecule has 1 aliphatic rings. The maximum Gasteiger partial charge on any atom is 0.242 e. The van der Waals surface area contributed by atoms with Crippen LogP contribution in [0.3, 0.4) is 0 Å². The van der Waals surface area contributed by atoms with Gasteiger partial charge in [0, 0.05) is 18.0 Å². The third-order valence-corrected chi connectivity index (χ3v) is 5.74. The molecule has 2 rings (SSSR count). The van der Waals surface area contributed by atoms with Gasteiger partial charge in [-0.3, -0.25) is 0 Å². The molecule has 4 N–H and O–H groups in total. The summed E-state index contributed by atoms with van der Waals surface area (Å²) < 4.78 is 27.0. The molecule has 2 heterocycles. The number of aromatic nitrogens is 1. The summed E-state index contributed by atoms with van der Waals surface area (Å²) in [5, 5.41) is 0.170. The van der Waals surface area contributed by atoms with Gasteiger partial charge in [-0.05, 0) is 24.7 Å². The Morgan fingerprint density at radius 1 is 1.53 bits per heavy atom. The molecule has 1 aromatic rings. The Morgan fingerprint density at radius 3 is 2.89 bits per heavy atom. The van der Waals surface area contributed by atoms with Crippen molar-refractivity contribution in [1.29, 1.82) is 0 Å². The van der Waals surface area contributed by atoms with Crippen molar-refractivity contribution < 1.29 is 8.42 Å². The molecule has 1 aromatic heterocycles. The van der Waals surface area contributed by atoms with Gasteiger partial charge in [-0.1, -0.05) is 11.6 Å². The summed E-state index contributed by atoms with van der Waals surface area (Å²) in [5.41, 5.74) is 2.29. The van der Waals surface area contributed by atoms with Crippen LogP contribution in [0.25, 0.3) is 0 Å². The molecule has 1 fully saturated rings. The molecule has 106 valence electrons. The maximum absolute atomic E-state index is 12.2. The first-order chi connectivity index (χ1) is 9.03. The van der Waals surface area contributed by atoms with E-state index in [0.717, 1.165) is 24.3 Å². The van der Waals surface area contributed by atoms with Crippen molar-refractivity contribution in [3.8, 4) is 0 Å². The van der Waals surface area contributed by atoms with Crippen LogP contribution in [-0.4, -0.2) is 30.9 Å². The number of nitrogens with zero attached hydrogens (tertiary/aromatic N) is 1. The minimum atomic E-state index is -3.59. The van der Waals surface area contributed by atoms with E-state index in [0.29, 0.717) is 0 Å². The van der Waals surface area contributed by atoms with Gasteiger partial charge < -0.3 is 5.43 Å². The highest BCUT2D eigenvalue weighted by Crippen LogP contribution is 2.23. The Hall–Kier alpha value is -0.540. The molecular formula is C10H15ClN4O2S2. The molecule has 0 aromatic carbocycles. The van der Waals surface area contributed by atoms with Gasteiger partial charge in [0.2, 0.25) is 10.0 Å². The van der Waals surface area contributed by atoms with Gasteiger partial charge in [0.1, 0.15) is 4.90 Å². The number of sulfonamides is 1. The molecule has 0 radical (unpaired) electrons. The maximum atomic E-state index is 12.2. The normalized spacial score (nSPS) is 20.2. The topological polar surface area (TPSA) is 97.1 Å². The highest BCUT2D eigenvalue weighted by molar-refractivity contribution is 7.99. The summed E-state index contributed by atoms with van der Waals surface area (Å²) >= 11 is 7.63. The van der Waals surface area contributed by atoms with Crippen LogP contribution in [0.2, 0.25) is 5.02 Å². The number of anilines is 1. The summed E-state index contributed by atoms with van der Waals surface area (Å²) in [4.78, 5) is 3.91. The number of nitrogen functional groups attached to an aromatic ring is 1. The van der Waals surface area contributed by atoms with Crippen molar-refractivity contribution in [3.05, 3.63) is 17.3 Å². The number of nitrogens with one attached hydrogen (secondary N) is 2. The van der Waals surface area contributed by atoms with Gasteiger partial charge in [0.15, 0.2) is 5.82 Å². The molecule has 9 heteroatoms. The monoisotopic (exact) mass is 322 g/mol. The lowest BCUT2D eigenvalue weighted by atomic mass is 10.2. The molecule has 1 atom stereocenters. The van der Waals surface area contributed by atoms with Crippen molar-refractivity contribution in [1.82, 2.24) is 9.71 Å². The first-order valence-electron chi connectivity index (χ1n) is 5.75. The minimum absolute atomic E-state index is 0.0326. The number of pyridine rings is 1. The number of nitrogens with two attached hydrogens (primary N) is 1. The average Bonchev–Trinajstić information content (AvgIpc) is 2.39. The zero-order valence-electron chi connectivity index (χ0n) is 10.1. The number of thioether (sulfide) groups is 1. The second-order valence-corrected chi connectivity index (χ2v) is 7.45. The van der Waals surface area contributed by atoms with E-state index in [9.17, 15) is 8.42 Å². The molecule has 0 aliphatic carbocycles. The third-order valence-electron chi connectivity index (χ3n) is 2.75. The number of rotatable bonds is 4. The molecule has 0 bridgehead atoms. The fourth-order valence-corrected chi connectivity index (χ4v) is 4.50. The predicted molar refractivity (Wildman–Crippen MR) is 77.7 cm³/mol. The summed E-state index contributed by atoms with van der Waals surface area (Å²) in [6.45, 7) is 0. The van der Waals surface area contributed by atoms with Gasteiger partial charge in [0.05, 0.1) is 5.02 Å². The van der Waals surface area contributed by atoms with Crippen molar-refractivity contribution in [2.24, 2.45) is 5.84 Å². The molecule has 1 aliphatic heterocycles. The van der Waals surface area contributed by atoms with Gasteiger partial charge >= 0.3 is 0 Å². The highest BCUT2D eigenvalue weighted by Gasteiger charge is 2.23. The molecule has 6 nitrogen and oxygen atoms in total. The minimum Gasteiger partial charge on any atom is -0.307 e. The largest absolute Gasteiger partial charge is 0.307 e. The van der Waals surface area contributed by atoms with Gasteiger partial charge in [-0.25, -0.2) is 24.0 Å². The van der Waals surface area contributed by atoms with E-state index in [4.69, 9.17) is 17.4 Å². The fraction of sp³-hybridized carbons (Fsp3) is 0.500. The summed E-state index contributed by atoms with van der Waals surface area (Å²) in [5.74, 6) is 7.32. The van der Waals surface area contributed by atoms with E-state index in [1.165, 1.54) is 12.3 Å². The quantitative estimate of drug-likeness (QED) is 0.569. The zero-order valence-corrected chi connectivity index (χ0v) is 12.5. The van der Waals surface area contributed by atoms with Crippen molar-refractivity contribution in [3.63, 3.8) is 0 Å². The lowest BCUT2D eigenvalue weighted by Gasteiger charge is -2.22. The molecule has 1 unspecified atom stereocenters. The SMILES string of the molecule is NNc1ncc(S(=O)(=O)NC2CCCSC2)cc1Cl. The fourth-order valence-electron chi connectivity index (χ4n) is 1.79. The van der Waals surface area contributed by atoms with E-state index < -0.39 is 10.0 Å². The van der Waals surface area contributed by atoms with E-state index in [1.54, 1.807) is 11.8 Å². The number of halogens is 1. The lowest BCUT2D eigenvalue weighted by molar-refractivity contribution is 0.543. The molecule has 0 spiro atoms. The summed E-state index contributed by atoms with van der Waals surface area (Å²) in [7, 11) is -3.59. The second-order valence-electron chi connectivity index (χ2n) is 4.18. The van der Waals surface area contributed by atoms with Crippen LogP contribution >= 0.6 is 23.4 Å². The molecule has 0 saturated carbocycles. The zero-order chi connectivity index (χ0) is 13.9. The number of hydrogen-bond donors (Lipinski definition) is 3. The Kier molecular flexibility index (Phi) is 4.91. The van der Waals surface area contributed by atoms with Crippen LogP contribution in [0.5, 0.6) is 0 Å². The van der Waals surface area contributed by atoms with Crippen molar-refractivity contribution in [2.45, 2.75) is 23.8 Å². The predicted octanol–water partition coefficient (Wildman–Crippen LogP) is 1.19. The van der Waals surface area contributed by atoms with E-state index in [-0.39, 0.29) is 21.8 Å². The lowest BCUT2D eigenvalue weighted by Crippen LogP contribution is -2.38. The van der Waals surface area contributed by atoms with Crippen LogP contribution in [0.1, 0.15) is 12.8 Å². The van der Waals surface area contributed by atoms with Gasteiger partial charge in [0.25, 0.3) is 0 Å². The Bertz CT molecular complexity index is 546. The standard InChI is InChI=1S/C10H15ClN4O2S2/c11-9-4-8(5-13-10(9)14-12)19(16,17)15-7-2-1-3-18-6-7/h4-5,7,15H,1-3,6,12H2,(H,13,14). The van der Waals surface area contributed by atoms with Crippen molar-refractivity contribution >= 4 is 39.2 Å². The van der Waals surface area contributed by atoms with Gasteiger partial charge in [-0.15, -0.1) is 0 Å². The summed E-state index contributed by atoms with van der Waals surface area (Å²) in [6, 6.07) is 1.30. The first kappa shape index (κ1) is 14.9. The van der Waals surface area contributed by atoms with E-state index >= 15 is 0 Å². The van der Waals surface area contributed by atoms with Crippen LogP contribution in [0.4, 0.5) is 5.82 Å². The highest BCUT2D eigenvalue weighted by atomic mass is 35.5. The van der Waals surface area contributed by atoms with Crippen molar-refractivity contribution in [2.75, 3.05) is 16.9 Å².